The van der Waals surface area contributed by atoms with E-state index in [9.17, 15) is 9.90 Å². The smallest absolute Gasteiger partial charge is 0.410 e. The molecule has 1 amide bonds. The zero-order valence-corrected chi connectivity index (χ0v) is 11.6. The summed E-state index contributed by atoms with van der Waals surface area (Å²) in [6, 6.07) is 1.97. The fraction of sp³-hybridized carbons (Fsp3) is 0.846. The summed E-state index contributed by atoms with van der Waals surface area (Å²) >= 11 is 0. The van der Waals surface area contributed by atoms with E-state index in [1.54, 1.807) is 4.90 Å². The SMILES string of the molecule is CCC1CN(C(=O)OC(C)(C)C)CCC1(O)C#N. The van der Waals surface area contributed by atoms with Crippen molar-refractivity contribution in [3.05, 3.63) is 0 Å². The Bertz CT molecular complexity index is 356. The van der Waals surface area contributed by atoms with E-state index in [0.29, 0.717) is 19.5 Å². The van der Waals surface area contributed by atoms with Gasteiger partial charge in [0, 0.05) is 25.4 Å². The van der Waals surface area contributed by atoms with Gasteiger partial charge in [0.15, 0.2) is 5.60 Å². The highest BCUT2D eigenvalue weighted by molar-refractivity contribution is 5.68. The van der Waals surface area contributed by atoms with Crippen LogP contribution in [0.4, 0.5) is 4.79 Å². The molecule has 1 heterocycles. The molecular weight excluding hydrogens is 232 g/mol. The van der Waals surface area contributed by atoms with Crippen LogP contribution >= 0.6 is 0 Å². The third kappa shape index (κ3) is 3.36. The lowest BCUT2D eigenvalue weighted by atomic mass is 9.80. The molecule has 5 nitrogen and oxygen atoms in total. The van der Waals surface area contributed by atoms with Gasteiger partial charge in [0.1, 0.15) is 5.60 Å². The second-order valence-corrected chi connectivity index (χ2v) is 5.82. The molecule has 0 aromatic rings. The van der Waals surface area contributed by atoms with Crippen molar-refractivity contribution in [2.75, 3.05) is 13.1 Å². The number of ether oxygens (including phenoxy) is 1. The molecule has 2 unspecified atom stereocenters. The van der Waals surface area contributed by atoms with Crippen molar-refractivity contribution in [1.82, 2.24) is 4.90 Å². The molecule has 0 aromatic heterocycles. The number of hydrogen-bond donors (Lipinski definition) is 1. The first-order valence-electron chi connectivity index (χ1n) is 6.33. The van der Waals surface area contributed by atoms with E-state index in [-0.39, 0.29) is 18.4 Å². The molecule has 2 atom stereocenters. The van der Waals surface area contributed by atoms with Gasteiger partial charge in [-0.2, -0.15) is 5.26 Å². The maximum atomic E-state index is 11.9. The van der Waals surface area contributed by atoms with Crippen LogP contribution < -0.4 is 0 Å². The van der Waals surface area contributed by atoms with Gasteiger partial charge in [0.2, 0.25) is 0 Å². The normalized spacial score (nSPS) is 28.7. The van der Waals surface area contributed by atoms with Crippen LogP contribution in [0.2, 0.25) is 0 Å². The Labute approximate surface area is 108 Å². The van der Waals surface area contributed by atoms with E-state index < -0.39 is 11.2 Å². The van der Waals surface area contributed by atoms with Crippen molar-refractivity contribution in [2.45, 2.75) is 51.7 Å². The maximum absolute atomic E-state index is 11.9. The van der Waals surface area contributed by atoms with Gasteiger partial charge >= 0.3 is 6.09 Å². The van der Waals surface area contributed by atoms with Gasteiger partial charge in [-0.25, -0.2) is 4.79 Å². The molecule has 1 fully saturated rings. The van der Waals surface area contributed by atoms with Gasteiger partial charge in [-0.15, -0.1) is 0 Å². The average Bonchev–Trinajstić information content (AvgIpc) is 2.27. The van der Waals surface area contributed by atoms with Crippen molar-refractivity contribution in [3.63, 3.8) is 0 Å². The number of nitriles is 1. The monoisotopic (exact) mass is 254 g/mol. The summed E-state index contributed by atoms with van der Waals surface area (Å²) in [5.41, 5.74) is -1.84. The van der Waals surface area contributed by atoms with E-state index in [1.165, 1.54) is 0 Å². The van der Waals surface area contributed by atoms with E-state index in [2.05, 4.69) is 0 Å². The molecule has 0 aromatic carbocycles. The minimum absolute atomic E-state index is 0.219. The van der Waals surface area contributed by atoms with Crippen molar-refractivity contribution >= 4 is 6.09 Å². The lowest BCUT2D eigenvalue weighted by molar-refractivity contribution is -0.0402. The first-order chi connectivity index (χ1) is 8.22. The number of carbonyl (C=O) groups is 1. The molecular formula is C13H22N2O3. The van der Waals surface area contributed by atoms with Crippen molar-refractivity contribution in [2.24, 2.45) is 5.92 Å². The van der Waals surface area contributed by atoms with Gasteiger partial charge in [0.05, 0.1) is 6.07 Å². The molecule has 18 heavy (non-hydrogen) atoms. The summed E-state index contributed by atoms with van der Waals surface area (Å²) in [4.78, 5) is 13.5. The van der Waals surface area contributed by atoms with Crippen LogP contribution in [0.3, 0.4) is 0 Å². The zero-order valence-electron chi connectivity index (χ0n) is 11.6. The summed E-state index contributed by atoms with van der Waals surface area (Å²) in [5, 5.41) is 19.2. The Morgan fingerprint density at radius 3 is 2.67 bits per heavy atom. The highest BCUT2D eigenvalue weighted by Crippen LogP contribution is 2.30. The topological polar surface area (TPSA) is 73.6 Å². The summed E-state index contributed by atoms with van der Waals surface area (Å²) in [5.74, 6) is -0.219. The van der Waals surface area contributed by atoms with Crippen molar-refractivity contribution in [3.8, 4) is 6.07 Å². The van der Waals surface area contributed by atoms with E-state index in [4.69, 9.17) is 10.00 Å². The number of likely N-dealkylation sites (tertiary alicyclic amines) is 1. The quantitative estimate of drug-likeness (QED) is 0.725. The average molecular weight is 254 g/mol. The number of aliphatic hydroxyl groups is 1. The molecule has 1 rings (SSSR count). The minimum atomic E-state index is -1.31. The number of hydrogen-bond acceptors (Lipinski definition) is 4. The molecule has 0 spiro atoms. The number of carbonyl (C=O) groups excluding carboxylic acids is 1. The molecule has 0 radical (unpaired) electrons. The van der Waals surface area contributed by atoms with Crippen LogP contribution in [-0.4, -0.2) is 40.4 Å². The number of nitrogens with zero attached hydrogens (tertiary/aromatic N) is 2. The first-order valence-corrected chi connectivity index (χ1v) is 6.33. The van der Waals surface area contributed by atoms with Crippen LogP contribution in [0.5, 0.6) is 0 Å². The molecule has 5 heteroatoms. The third-order valence-electron chi connectivity index (χ3n) is 3.22. The Kier molecular flexibility index (Phi) is 4.23. The lowest BCUT2D eigenvalue weighted by Crippen LogP contribution is -2.53. The second kappa shape index (κ2) is 5.15. The highest BCUT2D eigenvalue weighted by atomic mass is 16.6. The number of piperidine rings is 1. The Morgan fingerprint density at radius 2 is 2.22 bits per heavy atom. The van der Waals surface area contributed by atoms with Gasteiger partial charge in [-0.05, 0) is 27.2 Å². The van der Waals surface area contributed by atoms with Crippen LogP contribution in [0.25, 0.3) is 0 Å². The van der Waals surface area contributed by atoms with Crippen LogP contribution in [-0.2, 0) is 4.74 Å². The van der Waals surface area contributed by atoms with Crippen molar-refractivity contribution < 1.29 is 14.6 Å². The predicted octanol–water partition coefficient (Wildman–Crippen LogP) is 1.91. The summed E-state index contributed by atoms with van der Waals surface area (Å²) < 4.78 is 5.29. The predicted molar refractivity (Wildman–Crippen MR) is 66.8 cm³/mol. The van der Waals surface area contributed by atoms with E-state index in [0.717, 1.165) is 0 Å². The maximum Gasteiger partial charge on any atom is 0.410 e. The van der Waals surface area contributed by atoms with Gasteiger partial charge < -0.3 is 14.7 Å². The Balaban J connectivity index is 2.69. The van der Waals surface area contributed by atoms with Crippen LogP contribution in [0.15, 0.2) is 0 Å². The largest absolute Gasteiger partial charge is 0.444 e. The fourth-order valence-corrected chi connectivity index (χ4v) is 2.12. The van der Waals surface area contributed by atoms with E-state index >= 15 is 0 Å². The van der Waals surface area contributed by atoms with Crippen molar-refractivity contribution in [1.29, 1.82) is 5.26 Å². The van der Waals surface area contributed by atoms with Gasteiger partial charge in [-0.1, -0.05) is 6.92 Å². The first kappa shape index (κ1) is 14.8. The highest BCUT2D eigenvalue weighted by Gasteiger charge is 2.42. The molecule has 1 aliphatic heterocycles. The Morgan fingerprint density at radius 1 is 1.61 bits per heavy atom. The second-order valence-electron chi connectivity index (χ2n) is 5.82. The molecule has 0 saturated carbocycles. The molecule has 1 saturated heterocycles. The molecule has 0 aliphatic carbocycles. The zero-order chi connectivity index (χ0) is 14.0. The Hall–Kier alpha value is -1.28. The summed E-state index contributed by atoms with van der Waals surface area (Å²) in [6.45, 7) is 8.09. The minimum Gasteiger partial charge on any atom is -0.444 e. The number of rotatable bonds is 1. The van der Waals surface area contributed by atoms with Gasteiger partial charge in [0.25, 0.3) is 0 Å². The molecule has 1 N–H and O–H groups in total. The van der Waals surface area contributed by atoms with E-state index in [1.807, 2.05) is 33.8 Å². The summed E-state index contributed by atoms with van der Waals surface area (Å²) in [7, 11) is 0. The fourth-order valence-electron chi connectivity index (χ4n) is 2.12. The summed E-state index contributed by atoms with van der Waals surface area (Å²) in [6.07, 6.45) is 0.561. The third-order valence-corrected chi connectivity index (χ3v) is 3.22. The standard InChI is InChI=1S/C13H22N2O3/c1-5-10-8-15(7-6-13(10,17)9-14)11(16)18-12(2,3)4/h10,17H,5-8H2,1-4H3. The molecule has 0 bridgehead atoms. The van der Waals surface area contributed by atoms with Crippen LogP contribution in [0, 0.1) is 17.2 Å². The lowest BCUT2D eigenvalue weighted by Gasteiger charge is -2.40. The molecule has 1 aliphatic rings. The van der Waals surface area contributed by atoms with Gasteiger partial charge in [-0.3, -0.25) is 0 Å². The molecule has 102 valence electrons. The number of amides is 1. The van der Waals surface area contributed by atoms with Crippen LogP contribution in [0.1, 0.15) is 40.5 Å².